The molecule has 1 aromatic carbocycles. The van der Waals surface area contributed by atoms with Crippen LogP contribution in [0.2, 0.25) is 0 Å². The lowest BCUT2D eigenvalue weighted by atomic mass is 9.85. The monoisotopic (exact) mass is 278 g/mol. The zero-order chi connectivity index (χ0) is 15.2. The van der Waals surface area contributed by atoms with Crippen LogP contribution in [0.4, 0.5) is 4.79 Å². The number of carbonyl (C=O) groups excluding carboxylic acids is 1. The molecule has 4 nitrogen and oxygen atoms in total. The largest absolute Gasteiger partial charge is 0.496 e. The summed E-state index contributed by atoms with van der Waals surface area (Å²) in [5.74, 6) is 0.886. The van der Waals surface area contributed by atoms with Crippen molar-refractivity contribution in [1.29, 1.82) is 0 Å². The Bertz CT molecular complexity index is 450. The van der Waals surface area contributed by atoms with Crippen LogP contribution in [0.3, 0.4) is 0 Å². The summed E-state index contributed by atoms with van der Waals surface area (Å²) in [6.07, 6.45) is 0.935. The molecule has 4 heteroatoms. The number of rotatable bonds is 5. The Labute approximate surface area is 121 Å². The third-order valence-corrected chi connectivity index (χ3v) is 3.06. The lowest BCUT2D eigenvalue weighted by Gasteiger charge is -2.23. The number of urea groups is 1. The molecule has 0 aliphatic rings. The minimum Gasteiger partial charge on any atom is -0.496 e. The predicted octanol–water partition coefficient (Wildman–Crippen LogP) is 3.20. The standard InChI is InChI=1S/C16H26N2O2/c1-6-9-17-15(19)18-11-12-7-8-14(20-5)13(10-12)16(2,3)4/h7-8,10H,6,9,11H2,1-5H3,(H2,17,18,19). The second-order valence-corrected chi connectivity index (χ2v) is 5.89. The van der Waals surface area contributed by atoms with Crippen LogP contribution >= 0.6 is 0 Å². The van der Waals surface area contributed by atoms with Gasteiger partial charge in [-0.25, -0.2) is 4.79 Å². The van der Waals surface area contributed by atoms with Gasteiger partial charge in [-0.15, -0.1) is 0 Å². The third kappa shape index (κ3) is 4.76. The normalized spacial score (nSPS) is 11.1. The van der Waals surface area contributed by atoms with Crippen molar-refractivity contribution in [1.82, 2.24) is 10.6 Å². The van der Waals surface area contributed by atoms with Gasteiger partial charge < -0.3 is 15.4 Å². The fraction of sp³-hybridized carbons (Fsp3) is 0.562. The molecular weight excluding hydrogens is 252 g/mol. The van der Waals surface area contributed by atoms with E-state index in [2.05, 4.69) is 37.5 Å². The highest BCUT2D eigenvalue weighted by molar-refractivity contribution is 5.73. The zero-order valence-corrected chi connectivity index (χ0v) is 13.2. The van der Waals surface area contributed by atoms with Gasteiger partial charge in [-0.05, 0) is 35.1 Å². The van der Waals surface area contributed by atoms with Gasteiger partial charge in [-0.1, -0.05) is 33.8 Å². The molecule has 0 saturated carbocycles. The van der Waals surface area contributed by atoms with Crippen molar-refractivity contribution >= 4 is 6.03 Å². The number of ether oxygens (including phenoxy) is 1. The molecule has 0 unspecified atom stereocenters. The van der Waals surface area contributed by atoms with Crippen LogP contribution in [0.25, 0.3) is 0 Å². The van der Waals surface area contributed by atoms with Crippen molar-refractivity contribution in [3.05, 3.63) is 29.3 Å². The van der Waals surface area contributed by atoms with Gasteiger partial charge in [-0.3, -0.25) is 0 Å². The van der Waals surface area contributed by atoms with Crippen molar-refractivity contribution in [2.45, 2.75) is 46.1 Å². The van der Waals surface area contributed by atoms with E-state index in [1.54, 1.807) is 7.11 Å². The van der Waals surface area contributed by atoms with Gasteiger partial charge >= 0.3 is 6.03 Å². The molecule has 2 amide bonds. The summed E-state index contributed by atoms with van der Waals surface area (Å²) in [5.41, 5.74) is 2.22. The van der Waals surface area contributed by atoms with E-state index in [1.165, 1.54) is 0 Å². The van der Waals surface area contributed by atoms with Gasteiger partial charge in [0.1, 0.15) is 5.75 Å². The second-order valence-electron chi connectivity index (χ2n) is 5.89. The van der Waals surface area contributed by atoms with Crippen LogP contribution < -0.4 is 15.4 Å². The molecule has 0 heterocycles. The maximum absolute atomic E-state index is 11.5. The van der Waals surface area contributed by atoms with E-state index in [-0.39, 0.29) is 11.4 Å². The molecule has 0 aliphatic carbocycles. The average Bonchev–Trinajstić information content (AvgIpc) is 2.41. The number of hydrogen-bond donors (Lipinski definition) is 2. The Morgan fingerprint density at radius 3 is 2.50 bits per heavy atom. The number of amides is 2. The van der Waals surface area contributed by atoms with Crippen molar-refractivity contribution in [2.75, 3.05) is 13.7 Å². The highest BCUT2D eigenvalue weighted by Gasteiger charge is 2.19. The Morgan fingerprint density at radius 2 is 1.95 bits per heavy atom. The molecule has 0 bridgehead atoms. The quantitative estimate of drug-likeness (QED) is 0.869. The Kier molecular flexibility index (Phi) is 5.86. The third-order valence-electron chi connectivity index (χ3n) is 3.06. The molecule has 0 saturated heterocycles. The lowest BCUT2D eigenvalue weighted by Crippen LogP contribution is -2.35. The van der Waals surface area contributed by atoms with Crippen molar-refractivity contribution < 1.29 is 9.53 Å². The van der Waals surface area contributed by atoms with E-state index in [0.29, 0.717) is 13.1 Å². The highest BCUT2D eigenvalue weighted by Crippen LogP contribution is 2.31. The first kappa shape index (κ1) is 16.3. The number of nitrogens with one attached hydrogen (secondary N) is 2. The number of methoxy groups -OCH3 is 1. The van der Waals surface area contributed by atoms with E-state index < -0.39 is 0 Å². The summed E-state index contributed by atoms with van der Waals surface area (Å²) < 4.78 is 5.41. The van der Waals surface area contributed by atoms with Gasteiger partial charge in [0.2, 0.25) is 0 Å². The molecule has 20 heavy (non-hydrogen) atoms. The SMILES string of the molecule is CCCNC(=O)NCc1ccc(OC)c(C(C)(C)C)c1. The molecular formula is C16H26N2O2. The van der Waals surface area contributed by atoms with Gasteiger partial charge in [0.05, 0.1) is 7.11 Å². The molecule has 0 aliphatic heterocycles. The van der Waals surface area contributed by atoms with Crippen LogP contribution in [0.1, 0.15) is 45.2 Å². The molecule has 0 spiro atoms. The van der Waals surface area contributed by atoms with Gasteiger partial charge in [0, 0.05) is 13.1 Å². The fourth-order valence-corrected chi connectivity index (χ4v) is 1.93. The maximum Gasteiger partial charge on any atom is 0.315 e. The first-order valence-electron chi connectivity index (χ1n) is 7.07. The minimum absolute atomic E-state index is 0.00578. The van der Waals surface area contributed by atoms with E-state index >= 15 is 0 Å². The smallest absolute Gasteiger partial charge is 0.315 e. The first-order chi connectivity index (χ1) is 9.38. The summed E-state index contributed by atoms with van der Waals surface area (Å²) in [4.78, 5) is 11.5. The minimum atomic E-state index is -0.125. The van der Waals surface area contributed by atoms with E-state index in [9.17, 15) is 4.79 Å². The number of benzene rings is 1. The van der Waals surface area contributed by atoms with Gasteiger partial charge in [0.25, 0.3) is 0 Å². The second kappa shape index (κ2) is 7.17. The van der Waals surface area contributed by atoms with Crippen LogP contribution in [-0.2, 0) is 12.0 Å². The predicted molar refractivity (Wildman–Crippen MR) is 82.2 cm³/mol. The van der Waals surface area contributed by atoms with Crippen molar-refractivity contribution in [2.24, 2.45) is 0 Å². The topological polar surface area (TPSA) is 50.4 Å². The summed E-state index contributed by atoms with van der Waals surface area (Å²) in [7, 11) is 1.68. The van der Waals surface area contributed by atoms with Crippen LogP contribution in [0.15, 0.2) is 18.2 Å². The molecule has 2 N–H and O–H groups in total. The van der Waals surface area contributed by atoms with Gasteiger partial charge in [0.15, 0.2) is 0 Å². The molecule has 0 radical (unpaired) electrons. The van der Waals surface area contributed by atoms with Crippen LogP contribution in [0.5, 0.6) is 5.75 Å². The number of hydrogen-bond acceptors (Lipinski definition) is 2. The van der Waals surface area contributed by atoms with Crippen LogP contribution in [-0.4, -0.2) is 19.7 Å². The molecule has 112 valence electrons. The first-order valence-corrected chi connectivity index (χ1v) is 7.07. The van der Waals surface area contributed by atoms with E-state index in [4.69, 9.17) is 4.74 Å². The van der Waals surface area contributed by atoms with E-state index in [1.807, 2.05) is 19.1 Å². The van der Waals surface area contributed by atoms with Crippen molar-refractivity contribution in [3.63, 3.8) is 0 Å². The van der Waals surface area contributed by atoms with Crippen LogP contribution in [0, 0.1) is 0 Å². The average molecular weight is 278 g/mol. The molecule has 1 aromatic rings. The maximum atomic E-state index is 11.5. The zero-order valence-electron chi connectivity index (χ0n) is 13.2. The Hall–Kier alpha value is -1.71. The fourth-order valence-electron chi connectivity index (χ4n) is 1.93. The highest BCUT2D eigenvalue weighted by atomic mass is 16.5. The summed E-state index contributed by atoms with van der Waals surface area (Å²) in [5, 5.41) is 5.65. The molecule has 0 aromatic heterocycles. The Morgan fingerprint density at radius 1 is 1.25 bits per heavy atom. The Balaban J connectivity index is 2.75. The number of carbonyl (C=O) groups is 1. The van der Waals surface area contributed by atoms with E-state index in [0.717, 1.165) is 23.3 Å². The lowest BCUT2D eigenvalue weighted by molar-refractivity contribution is 0.240. The summed E-state index contributed by atoms with van der Waals surface area (Å²) >= 11 is 0. The molecule has 0 atom stereocenters. The summed E-state index contributed by atoms with van der Waals surface area (Å²) in [6.45, 7) is 9.69. The molecule has 0 fully saturated rings. The van der Waals surface area contributed by atoms with Crippen molar-refractivity contribution in [3.8, 4) is 5.75 Å². The van der Waals surface area contributed by atoms with Gasteiger partial charge in [-0.2, -0.15) is 0 Å². The summed E-state index contributed by atoms with van der Waals surface area (Å²) in [6, 6.07) is 5.91. The molecule has 1 rings (SSSR count).